The summed E-state index contributed by atoms with van der Waals surface area (Å²) in [5.74, 6) is 1.90. The molecule has 3 heteroatoms. The Morgan fingerprint density at radius 2 is 2.00 bits per heavy atom. The first-order chi connectivity index (χ1) is 7.95. The standard InChI is InChI=1S/C14H21N3/c1-9(2)11(4)8-16-14-13(7-15)10(3)6-12(5)17-14/h6,9,11H,8H2,1-5H3,(H,16,17). The zero-order chi connectivity index (χ0) is 13.0. The van der Waals surface area contributed by atoms with Gasteiger partial charge in [0, 0.05) is 12.2 Å². The van der Waals surface area contributed by atoms with Crippen LogP contribution in [0, 0.1) is 37.0 Å². The largest absolute Gasteiger partial charge is 0.369 e. The number of nitrogens with zero attached hydrogens (tertiary/aromatic N) is 2. The Morgan fingerprint density at radius 3 is 2.53 bits per heavy atom. The average molecular weight is 231 g/mol. The van der Waals surface area contributed by atoms with Gasteiger partial charge in [0.25, 0.3) is 0 Å². The SMILES string of the molecule is Cc1cc(C)c(C#N)c(NCC(C)C(C)C)n1. The molecule has 17 heavy (non-hydrogen) atoms. The van der Waals surface area contributed by atoms with Crippen molar-refractivity contribution >= 4 is 5.82 Å². The first kappa shape index (κ1) is 13.5. The Hall–Kier alpha value is -1.56. The van der Waals surface area contributed by atoms with Gasteiger partial charge in [0.1, 0.15) is 11.9 Å². The molecule has 0 spiro atoms. The summed E-state index contributed by atoms with van der Waals surface area (Å²) in [6, 6.07) is 4.16. The molecule has 0 amide bonds. The first-order valence-electron chi connectivity index (χ1n) is 6.08. The van der Waals surface area contributed by atoms with Gasteiger partial charge in [0.15, 0.2) is 0 Å². The van der Waals surface area contributed by atoms with E-state index in [2.05, 4.69) is 37.1 Å². The molecule has 0 aliphatic carbocycles. The Bertz CT molecular complexity index is 430. The zero-order valence-electron chi connectivity index (χ0n) is 11.3. The number of nitrogens with one attached hydrogen (secondary N) is 1. The van der Waals surface area contributed by atoms with Crippen molar-refractivity contribution in [2.45, 2.75) is 34.6 Å². The van der Waals surface area contributed by atoms with Crippen molar-refractivity contribution in [1.82, 2.24) is 4.98 Å². The van der Waals surface area contributed by atoms with E-state index in [1.54, 1.807) is 0 Å². The summed E-state index contributed by atoms with van der Waals surface area (Å²) < 4.78 is 0. The van der Waals surface area contributed by atoms with Crippen LogP contribution in [-0.2, 0) is 0 Å². The van der Waals surface area contributed by atoms with Gasteiger partial charge < -0.3 is 5.32 Å². The molecule has 0 aromatic carbocycles. The number of hydrogen-bond donors (Lipinski definition) is 1. The summed E-state index contributed by atoms with van der Waals surface area (Å²) >= 11 is 0. The highest BCUT2D eigenvalue weighted by Gasteiger charge is 2.11. The second-order valence-corrected chi connectivity index (χ2v) is 5.02. The molecule has 3 nitrogen and oxygen atoms in total. The third-order valence-electron chi connectivity index (χ3n) is 3.19. The highest BCUT2D eigenvalue weighted by Crippen LogP contribution is 2.19. The van der Waals surface area contributed by atoms with Crippen LogP contribution in [0.2, 0.25) is 0 Å². The van der Waals surface area contributed by atoms with Gasteiger partial charge in [-0.2, -0.15) is 5.26 Å². The van der Waals surface area contributed by atoms with Gasteiger partial charge in [-0.25, -0.2) is 4.98 Å². The summed E-state index contributed by atoms with van der Waals surface area (Å²) in [5, 5.41) is 12.4. The molecular formula is C14H21N3. The van der Waals surface area contributed by atoms with Crippen LogP contribution in [0.15, 0.2) is 6.07 Å². The molecule has 1 atom stereocenters. The molecule has 0 saturated heterocycles. The minimum absolute atomic E-state index is 0.559. The van der Waals surface area contributed by atoms with Crippen molar-refractivity contribution < 1.29 is 0 Å². The number of pyridine rings is 1. The fraction of sp³-hybridized carbons (Fsp3) is 0.571. The smallest absolute Gasteiger partial charge is 0.144 e. The Morgan fingerprint density at radius 1 is 1.35 bits per heavy atom. The molecule has 0 bridgehead atoms. The highest BCUT2D eigenvalue weighted by atomic mass is 15.0. The topological polar surface area (TPSA) is 48.7 Å². The minimum Gasteiger partial charge on any atom is -0.369 e. The maximum Gasteiger partial charge on any atom is 0.144 e. The second-order valence-electron chi connectivity index (χ2n) is 5.02. The van der Waals surface area contributed by atoms with Crippen LogP contribution in [0.5, 0.6) is 0 Å². The van der Waals surface area contributed by atoms with E-state index >= 15 is 0 Å². The maximum atomic E-state index is 9.13. The van der Waals surface area contributed by atoms with Crippen LogP contribution in [0.25, 0.3) is 0 Å². The van der Waals surface area contributed by atoms with E-state index in [9.17, 15) is 0 Å². The number of hydrogen-bond acceptors (Lipinski definition) is 3. The van der Waals surface area contributed by atoms with Crippen molar-refractivity contribution in [3.05, 3.63) is 22.9 Å². The van der Waals surface area contributed by atoms with Crippen LogP contribution < -0.4 is 5.32 Å². The normalized spacial score (nSPS) is 12.3. The number of nitriles is 1. The summed E-state index contributed by atoms with van der Waals surface area (Å²) in [4.78, 5) is 4.40. The zero-order valence-corrected chi connectivity index (χ0v) is 11.3. The lowest BCUT2D eigenvalue weighted by Gasteiger charge is -2.17. The van der Waals surface area contributed by atoms with Crippen LogP contribution in [-0.4, -0.2) is 11.5 Å². The predicted molar refractivity (Wildman–Crippen MR) is 70.9 cm³/mol. The summed E-state index contributed by atoms with van der Waals surface area (Å²) in [7, 11) is 0. The van der Waals surface area contributed by atoms with Gasteiger partial charge in [0.05, 0.1) is 5.56 Å². The molecule has 0 aliphatic heterocycles. The number of rotatable bonds is 4. The molecule has 1 unspecified atom stereocenters. The van der Waals surface area contributed by atoms with Gasteiger partial charge >= 0.3 is 0 Å². The van der Waals surface area contributed by atoms with Crippen LogP contribution in [0.3, 0.4) is 0 Å². The van der Waals surface area contributed by atoms with Gasteiger partial charge in [-0.15, -0.1) is 0 Å². The minimum atomic E-state index is 0.559. The predicted octanol–water partition coefficient (Wildman–Crippen LogP) is 3.27. The molecule has 1 heterocycles. The monoisotopic (exact) mass is 231 g/mol. The van der Waals surface area contributed by atoms with Gasteiger partial charge in [-0.1, -0.05) is 20.8 Å². The third-order valence-corrected chi connectivity index (χ3v) is 3.19. The molecule has 1 aromatic heterocycles. The van der Waals surface area contributed by atoms with Crippen molar-refractivity contribution in [1.29, 1.82) is 5.26 Å². The lowest BCUT2D eigenvalue weighted by atomic mass is 9.98. The highest BCUT2D eigenvalue weighted by molar-refractivity contribution is 5.56. The summed E-state index contributed by atoms with van der Waals surface area (Å²) in [5.41, 5.74) is 2.59. The molecule has 1 aromatic rings. The van der Waals surface area contributed by atoms with Crippen LogP contribution in [0.4, 0.5) is 5.82 Å². The van der Waals surface area contributed by atoms with Crippen LogP contribution >= 0.6 is 0 Å². The summed E-state index contributed by atoms with van der Waals surface area (Å²) in [6.45, 7) is 11.4. The number of aromatic nitrogens is 1. The second kappa shape index (κ2) is 5.67. The Labute approximate surface area is 104 Å². The fourth-order valence-corrected chi connectivity index (χ4v) is 1.60. The van der Waals surface area contributed by atoms with E-state index in [1.807, 2.05) is 19.9 Å². The van der Waals surface area contributed by atoms with E-state index in [0.29, 0.717) is 17.4 Å². The first-order valence-corrected chi connectivity index (χ1v) is 6.08. The van der Waals surface area contributed by atoms with Gasteiger partial charge in [-0.3, -0.25) is 0 Å². The average Bonchev–Trinajstić information content (AvgIpc) is 2.24. The molecule has 1 N–H and O–H groups in total. The third kappa shape index (κ3) is 3.45. The molecule has 1 rings (SSSR count). The summed E-state index contributed by atoms with van der Waals surface area (Å²) in [6.07, 6.45) is 0. The quantitative estimate of drug-likeness (QED) is 0.865. The lowest BCUT2D eigenvalue weighted by molar-refractivity contribution is 0.439. The fourth-order valence-electron chi connectivity index (χ4n) is 1.60. The van der Waals surface area contributed by atoms with Crippen molar-refractivity contribution in [2.24, 2.45) is 11.8 Å². The lowest BCUT2D eigenvalue weighted by Crippen LogP contribution is -2.18. The molecule has 0 saturated carbocycles. The molecule has 0 aliphatic rings. The van der Waals surface area contributed by atoms with E-state index in [-0.39, 0.29) is 0 Å². The molecule has 0 fully saturated rings. The molecule has 0 radical (unpaired) electrons. The van der Waals surface area contributed by atoms with E-state index < -0.39 is 0 Å². The number of aryl methyl sites for hydroxylation is 2. The Balaban J connectivity index is 2.88. The van der Waals surface area contributed by atoms with Crippen molar-refractivity contribution in [3.8, 4) is 6.07 Å². The van der Waals surface area contributed by atoms with Crippen molar-refractivity contribution in [2.75, 3.05) is 11.9 Å². The Kier molecular flexibility index (Phi) is 4.51. The maximum absolute atomic E-state index is 9.13. The molecular weight excluding hydrogens is 210 g/mol. The van der Waals surface area contributed by atoms with E-state index in [1.165, 1.54) is 0 Å². The molecule has 92 valence electrons. The van der Waals surface area contributed by atoms with E-state index in [0.717, 1.165) is 23.6 Å². The van der Waals surface area contributed by atoms with Gasteiger partial charge in [0.2, 0.25) is 0 Å². The van der Waals surface area contributed by atoms with Crippen molar-refractivity contribution in [3.63, 3.8) is 0 Å². The van der Waals surface area contributed by atoms with Gasteiger partial charge in [-0.05, 0) is 37.3 Å². The van der Waals surface area contributed by atoms with Crippen LogP contribution in [0.1, 0.15) is 37.6 Å². The number of anilines is 1. The van der Waals surface area contributed by atoms with E-state index in [4.69, 9.17) is 5.26 Å².